The van der Waals surface area contributed by atoms with Crippen molar-refractivity contribution < 1.29 is 64.0 Å². The van der Waals surface area contributed by atoms with Crippen LogP contribution in [0.15, 0.2) is 46.2 Å². The van der Waals surface area contributed by atoms with Gasteiger partial charge in [-0.05, 0) is 23.9 Å². The third-order valence-electron chi connectivity index (χ3n) is 3.29. The molecule has 0 saturated heterocycles. The van der Waals surface area contributed by atoms with Gasteiger partial charge in [0.1, 0.15) is 11.5 Å². The van der Waals surface area contributed by atoms with Gasteiger partial charge in [-0.15, -0.1) is 12.6 Å². The molecule has 11 heteroatoms. The Morgan fingerprint density at radius 1 is 0.968 bits per heavy atom. The number of hydrogen-bond donors (Lipinski definition) is 2. The maximum Gasteiger partial charge on any atom is 1.00 e. The van der Waals surface area contributed by atoms with E-state index in [1.54, 1.807) is 57.6 Å². The molecule has 0 aromatic heterocycles. The number of carbonyl (C=O) groups excluding carboxylic acids is 3. The van der Waals surface area contributed by atoms with Gasteiger partial charge >= 0.3 is 29.6 Å². The van der Waals surface area contributed by atoms with Gasteiger partial charge in [0, 0.05) is 32.3 Å². The number of ether oxygens (including phenoxy) is 2. The topological polar surface area (TPSA) is 123 Å². The van der Waals surface area contributed by atoms with Gasteiger partial charge in [0.25, 0.3) is 5.24 Å². The predicted molar refractivity (Wildman–Crippen MR) is 119 cm³/mol. The van der Waals surface area contributed by atoms with E-state index < -0.39 is 0 Å². The van der Waals surface area contributed by atoms with Crippen molar-refractivity contribution in [2.75, 3.05) is 35.4 Å². The molecule has 0 fully saturated rings. The van der Waals surface area contributed by atoms with Crippen LogP contribution >= 0.6 is 24.4 Å². The largest absolute Gasteiger partial charge is 1.00 e. The van der Waals surface area contributed by atoms with Crippen molar-refractivity contribution in [3.05, 3.63) is 47.5 Å². The first kappa shape index (κ1) is 34.1. The summed E-state index contributed by atoms with van der Waals surface area (Å²) in [5.74, 6) is 1.16. The molecule has 2 rings (SSSR count). The number of carbonyl (C=O) groups is 3. The number of hydrogen-bond acceptors (Lipinski definition) is 9. The van der Waals surface area contributed by atoms with E-state index in [2.05, 4.69) is 12.6 Å². The number of methoxy groups -OCH3 is 2. The molecular weight excluding hydrogens is 453 g/mol. The SMILES string of the molecule is CO.COc1cccc(C=O)c1S.COc1cccc(C=O)c1SC(=O)N(C)C.[Na+].[OH-]. The van der Waals surface area contributed by atoms with E-state index in [0.717, 1.165) is 25.2 Å². The zero-order chi connectivity index (χ0) is 22.4. The van der Waals surface area contributed by atoms with Gasteiger partial charge in [-0.2, -0.15) is 0 Å². The van der Waals surface area contributed by atoms with Crippen LogP contribution in [0.1, 0.15) is 20.7 Å². The van der Waals surface area contributed by atoms with Crippen LogP contribution in [0.4, 0.5) is 4.79 Å². The van der Waals surface area contributed by atoms with Gasteiger partial charge in [0.15, 0.2) is 12.6 Å². The molecule has 2 N–H and O–H groups in total. The fraction of sp³-hybridized carbons (Fsp3) is 0.250. The number of aldehydes is 2. The van der Waals surface area contributed by atoms with Crippen molar-refractivity contribution in [3.8, 4) is 11.5 Å². The Bertz CT molecular complexity index is 820. The fourth-order valence-corrected chi connectivity index (χ4v) is 3.01. The average molecular weight is 480 g/mol. The van der Waals surface area contributed by atoms with Crippen molar-refractivity contribution in [2.24, 2.45) is 0 Å². The fourth-order valence-electron chi connectivity index (χ4n) is 1.87. The Hall–Kier alpha value is -1.53. The molecule has 0 aliphatic carbocycles. The normalized spacial score (nSPS) is 8.48. The van der Waals surface area contributed by atoms with Crippen molar-refractivity contribution in [3.63, 3.8) is 0 Å². The Morgan fingerprint density at radius 3 is 1.84 bits per heavy atom. The number of benzene rings is 2. The Labute approximate surface area is 214 Å². The minimum Gasteiger partial charge on any atom is -0.870 e. The summed E-state index contributed by atoms with van der Waals surface area (Å²) in [6, 6.07) is 10.3. The molecule has 0 spiro atoms. The molecule has 166 valence electrons. The molecule has 0 saturated carbocycles. The van der Waals surface area contributed by atoms with E-state index in [9.17, 15) is 14.4 Å². The molecule has 0 bridgehead atoms. The minimum atomic E-state index is -0.146. The van der Waals surface area contributed by atoms with Gasteiger partial charge in [-0.1, -0.05) is 24.3 Å². The summed E-state index contributed by atoms with van der Waals surface area (Å²) in [6.07, 6.45) is 1.47. The summed E-state index contributed by atoms with van der Waals surface area (Å²) in [5.41, 5.74) is 1.01. The summed E-state index contributed by atoms with van der Waals surface area (Å²) >= 11 is 5.10. The Morgan fingerprint density at radius 2 is 1.42 bits per heavy atom. The number of aliphatic hydroxyl groups excluding tert-OH is 1. The van der Waals surface area contributed by atoms with E-state index in [0.29, 0.717) is 38.7 Å². The average Bonchev–Trinajstić information content (AvgIpc) is 2.75. The van der Waals surface area contributed by atoms with Crippen LogP contribution in [0.3, 0.4) is 0 Å². The molecule has 8 nitrogen and oxygen atoms in total. The standard InChI is InChI=1S/C11H13NO3S.C8H8O2S.CH4O.Na.H2O/c1-12(2)11(14)16-10-8(7-13)5-4-6-9(10)15-3;1-10-7-4-2-3-6(5-9)8(7)11;1-2;;/h4-7H,1-3H3;2-5,11H,1H3;2H,1H3;;1H2/q;;;+1;/p-1. The van der Waals surface area contributed by atoms with Gasteiger partial charge in [0.2, 0.25) is 0 Å². The number of thiol groups is 1. The maximum absolute atomic E-state index is 11.6. The van der Waals surface area contributed by atoms with Crippen molar-refractivity contribution >= 4 is 42.2 Å². The zero-order valence-electron chi connectivity index (χ0n) is 18.4. The molecule has 1 amide bonds. The van der Waals surface area contributed by atoms with E-state index >= 15 is 0 Å². The predicted octanol–water partition coefficient (Wildman–Crippen LogP) is 0.513. The van der Waals surface area contributed by atoms with Crippen LogP contribution in [-0.2, 0) is 0 Å². The van der Waals surface area contributed by atoms with Gasteiger partial charge in [-0.3, -0.25) is 14.4 Å². The molecule has 0 atom stereocenters. The number of thioether (sulfide) groups is 1. The monoisotopic (exact) mass is 479 g/mol. The third kappa shape index (κ3) is 11.1. The number of nitrogens with zero attached hydrogens (tertiary/aromatic N) is 1. The summed E-state index contributed by atoms with van der Waals surface area (Å²) in [4.78, 5) is 35.4. The smallest absolute Gasteiger partial charge is 0.870 e. The first-order chi connectivity index (χ1) is 13.9. The minimum absolute atomic E-state index is 0. The second-order valence-electron chi connectivity index (χ2n) is 5.27. The molecule has 0 aliphatic rings. The van der Waals surface area contributed by atoms with Crippen LogP contribution in [0.25, 0.3) is 0 Å². The second-order valence-corrected chi connectivity index (χ2v) is 6.68. The maximum atomic E-state index is 11.6. The van der Waals surface area contributed by atoms with E-state index in [1.807, 2.05) is 0 Å². The molecule has 2 aromatic rings. The number of aliphatic hydroxyl groups is 1. The van der Waals surface area contributed by atoms with Gasteiger partial charge < -0.3 is 25.0 Å². The summed E-state index contributed by atoms with van der Waals surface area (Å²) < 4.78 is 10.1. The molecule has 0 unspecified atom stereocenters. The number of rotatable bonds is 5. The molecule has 0 radical (unpaired) electrons. The molecule has 2 aromatic carbocycles. The van der Waals surface area contributed by atoms with Crippen molar-refractivity contribution in [2.45, 2.75) is 9.79 Å². The van der Waals surface area contributed by atoms with Gasteiger partial charge in [0.05, 0.1) is 24.0 Å². The van der Waals surface area contributed by atoms with Crippen LogP contribution in [0.5, 0.6) is 11.5 Å². The van der Waals surface area contributed by atoms with Crippen LogP contribution in [0.2, 0.25) is 0 Å². The first-order valence-corrected chi connectivity index (χ1v) is 9.43. The molecule has 0 aliphatic heterocycles. The van der Waals surface area contributed by atoms with E-state index in [-0.39, 0.29) is 40.3 Å². The molecule has 31 heavy (non-hydrogen) atoms. The van der Waals surface area contributed by atoms with Crippen LogP contribution < -0.4 is 39.0 Å². The zero-order valence-corrected chi connectivity index (χ0v) is 22.1. The van der Waals surface area contributed by atoms with Crippen LogP contribution in [-0.4, -0.2) is 68.7 Å². The first-order valence-electron chi connectivity index (χ1n) is 8.16. The van der Waals surface area contributed by atoms with Gasteiger partial charge in [-0.25, -0.2) is 0 Å². The van der Waals surface area contributed by atoms with Crippen molar-refractivity contribution in [1.82, 2.24) is 4.90 Å². The molecular formula is C20H26NNaO7S2. The second kappa shape index (κ2) is 19.2. The summed E-state index contributed by atoms with van der Waals surface area (Å²) in [5, 5.41) is 6.85. The van der Waals surface area contributed by atoms with Crippen LogP contribution in [0, 0.1) is 0 Å². The van der Waals surface area contributed by atoms with Crippen molar-refractivity contribution in [1.29, 1.82) is 0 Å². The van der Waals surface area contributed by atoms with E-state index in [4.69, 9.17) is 14.6 Å². The Balaban J connectivity index is -0.000000462. The van der Waals surface area contributed by atoms with E-state index in [1.165, 1.54) is 12.0 Å². The Kier molecular flexibility index (Phi) is 21.1. The third-order valence-corrected chi connectivity index (χ3v) is 4.95. The number of amides is 1. The quantitative estimate of drug-likeness (QED) is 0.275. The summed E-state index contributed by atoms with van der Waals surface area (Å²) in [7, 11) is 7.37. The molecule has 0 heterocycles. The summed E-state index contributed by atoms with van der Waals surface area (Å²) in [6.45, 7) is 0.